The minimum atomic E-state index is -0.296. The standard InChI is InChI=1S/C20H26N2O4/c1-21-11-7-17(8-12-21)19(23)25-15-5-3-4-6-16-26-20(24)18-9-13-22(2)14-10-18/h7-14H,3-6,15-16H2,1-2H3/q+2. The van der Waals surface area contributed by atoms with Crippen molar-refractivity contribution in [2.24, 2.45) is 14.1 Å². The number of ether oxygens (including phenoxy) is 2. The molecule has 2 rings (SSSR count). The highest BCUT2D eigenvalue weighted by atomic mass is 16.5. The molecular formula is C20H26N2O4+2. The number of hydrogen-bond donors (Lipinski definition) is 0. The Kier molecular flexibility index (Phi) is 7.74. The molecule has 0 saturated heterocycles. The van der Waals surface area contributed by atoms with Crippen molar-refractivity contribution in [2.45, 2.75) is 25.7 Å². The van der Waals surface area contributed by atoms with Crippen molar-refractivity contribution < 1.29 is 28.2 Å². The Balaban J connectivity index is 1.51. The Hall–Kier alpha value is -2.76. The van der Waals surface area contributed by atoms with E-state index in [1.807, 2.05) is 48.0 Å². The predicted molar refractivity (Wildman–Crippen MR) is 94.3 cm³/mol. The van der Waals surface area contributed by atoms with Crippen molar-refractivity contribution in [3.05, 3.63) is 60.2 Å². The molecule has 6 heteroatoms. The lowest BCUT2D eigenvalue weighted by Gasteiger charge is -2.05. The van der Waals surface area contributed by atoms with Crippen molar-refractivity contribution in [1.82, 2.24) is 0 Å². The molecule has 0 unspecified atom stereocenters. The number of aromatic nitrogens is 2. The molecule has 0 amide bonds. The number of unbranched alkanes of at least 4 members (excludes halogenated alkanes) is 3. The first kappa shape index (κ1) is 19.6. The Morgan fingerprint density at radius 2 is 1.04 bits per heavy atom. The molecule has 0 aliphatic rings. The van der Waals surface area contributed by atoms with Gasteiger partial charge in [-0.2, -0.15) is 0 Å². The minimum absolute atomic E-state index is 0.296. The van der Waals surface area contributed by atoms with E-state index in [2.05, 4.69) is 0 Å². The first-order valence-corrected chi connectivity index (χ1v) is 8.81. The molecule has 26 heavy (non-hydrogen) atoms. The maximum atomic E-state index is 11.8. The molecule has 2 aromatic heterocycles. The summed E-state index contributed by atoms with van der Waals surface area (Å²) >= 11 is 0. The van der Waals surface area contributed by atoms with Crippen LogP contribution in [0.5, 0.6) is 0 Å². The van der Waals surface area contributed by atoms with Crippen LogP contribution in [-0.2, 0) is 23.6 Å². The summed E-state index contributed by atoms with van der Waals surface area (Å²) in [6, 6.07) is 6.96. The van der Waals surface area contributed by atoms with Gasteiger partial charge in [-0.25, -0.2) is 18.7 Å². The van der Waals surface area contributed by atoms with Gasteiger partial charge in [-0.05, 0) is 25.7 Å². The SMILES string of the molecule is C[n+]1ccc(C(=O)OCCCCCCOC(=O)c2cc[n+](C)cc2)cc1. The summed E-state index contributed by atoms with van der Waals surface area (Å²) in [6.45, 7) is 0.807. The lowest BCUT2D eigenvalue weighted by Crippen LogP contribution is -2.26. The fraction of sp³-hybridized carbons (Fsp3) is 0.400. The fourth-order valence-electron chi connectivity index (χ4n) is 2.33. The molecule has 2 heterocycles. The lowest BCUT2D eigenvalue weighted by molar-refractivity contribution is -0.671. The molecule has 0 aliphatic carbocycles. The highest BCUT2D eigenvalue weighted by Gasteiger charge is 2.09. The average molecular weight is 358 g/mol. The van der Waals surface area contributed by atoms with E-state index in [0.717, 1.165) is 25.7 Å². The van der Waals surface area contributed by atoms with Crippen LogP contribution >= 0.6 is 0 Å². The van der Waals surface area contributed by atoms with Gasteiger partial charge in [0.2, 0.25) is 0 Å². The molecule has 0 aliphatic heterocycles. The zero-order valence-electron chi connectivity index (χ0n) is 15.4. The van der Waals surface area contributed by atoms with E-state index in [1.165, 1.54) is 0 Å². The molecule has 6 nitrogen and oxygen atoms in total. The number of carbonyl (C=O) groups is 2. The molecule has 0 N–H and O–H groups in total. The van der Waals surface area contributed by atoms with E-state index in [0.29, 0.717) is 24.3 Å². The summed E-state index contributed by atoms with van der Waals surface area (Å²) in [7, 11) is 3.79. The molecule has 0 atom stereocenters. The van der Waals surface area contributed by atoms with Gasteiger partial charge in [-0.1, -0.05) is 0 Å². The number of rotatable bonds is 9. The number of hydrogen-bond acceptors (Lipinski definition) is 4. The van der Waals surface area contributed by atoms with Gasteiger partial charge in [-0.15, -0.1) is 0 Å². The van der Waals surface area contributed by atoms with E-state index in [-0.39, 0.29) is 11.9 Å². The Morgan fingerprint density at radius 1 is 0.692 bits per heavy atom. The fourth-order valence-corrected chi connectivity index (χ4v) is 2.33. The maximum Gasteiger partial charge on any atom is 0.338 e. The quantitative estimate of drug-likeness (QED) is 0.390. The van der Waals surface area contributed by atoms with Crippen LogP contribution in [0.2, 0.25) is 0 Å². The second-order valence-corrected chi connectivity index (χ2v) is 6.19. The molecule has 0 fully saturated rings. The number of carbonyl (C=O) groups excluding carboxylic acids is 2. The third-order valence-corrected chi connectivity index (χ3v) is 3.93. The Bertz CT molecular complexity index is 648. The largest absolute Gasteiger partial charge is 0.462 e. The van der Waals surface area contributed by atoms with Gasteiger partial charge in [0.05, 0.1) is 24.3 Å². The van der Waals surface area contributed by atoms with E-state index in [4.69, 9.17) is 9.47 Å². The topological polar surface area (TPSA) is 60.4 Å². The van der Waals surface area contributed by atoms with Crippen LogP contribution in [0.4, 0.5) is 0 Å². The second-order valence-electron chi connectivity index (χ2n) is 6.19. The number of pyridine rings is 2. The van der Waals surface area contributed by atoms with E-state index >= 15 is 0 Å². The maximum absolute atomic E-state index is 11.8. The Labute approximate surface area is 154 Å². The normalized spacial score (nSPS) is 10.4. The number of aryl methyl sites for hydroxylation is 2. The molecule has 0 saturated carbocycles. The highest BCUT2D eigenvalue weighted by Crippen LogP contribution is 2.05. The zero-order chi connectivity index (χ0) is 18.8. The van der Waals surface area contributed by atoms with E-state index in [1.54, 1.807) is 24.3 Å². The Morgan fingerprint density at radius 3 is 1.38 bits per heavy atom. The smallest absolute Gasteiger partial charge is 0.338 e. The van der Waals surface area contributed by atoms with Crippen molar-refractivity contribution in [2.75, 3.05) is 13.2 Å². The zero-order valence-corrected chi connectivity index (χ0v) is 15.4. The number of nitrogens with zero attached hydrogens (tertiary/aromatic N) is 2. The summed E-state index contributed by atoms with van der Waals surface area (Å²) < 4.78 is 14.2. The van der Waals surface area contributed by atoms with Gasteiger partial charge < -0.3 is 9.47 Å². The highest BCUT2D eigenvalue weighted by molar-refractivity contribution is 5.89. The van der Waals surface area contributed by atoms with Gasteiger partial charge in [0.1, 0.15) is 14.1 Å². The minimum Gasteiger partial charge on any atom is -0.462 e. The van der Waals surface area contributed by atoms with Crippen LogP contribution in [0.1, 0.15) is 46.4 Å². The van der Waals surface area contributed by atoms with Crippen LogP contribution in [-0.4, -0.2) is 25.2 Å². The van der Waals surface area contributed by atoms with E-state index in [9.17, 15) is 9.59 Å². The first-order valence-electron chi connectivity index (χ1n) is 8.81. The van der Waals surface area contributed by atoms with Gasteiger partial charge in [0.25, 0.3) is 0 Å². The van der Waals surface area contributed by atoms with Crippen LogP contribution in [0.25, 0.3) is 0 Å². The predicted octanol–water partition coefficient (Wildman–Crippen LogP) is 1.91. The van der Waals surface area contributed by atoms with Gasteiger partial charge in [0.15, 0.2) is 24.8 Å². The van der Waals surface area contributed by atoms with Gasteiger partial charge >= 0.3 is 11.9 Å². The second kappa shape index (κ2) is 10.3. The summed E-state index contributed by atoms with van der Waals surface area (Å²) in [4.78, 5) is 23.7. The van der Waals surface area contributed by atoms with Crippen LogP contribution in [0.15, 0.2) is 49.1 Å². The average Bonchev–Trinajstić information content (AvgIpc) is 2.64. The summed E-state index contributed by atoms with van der Waals surface area (Å²) in [6.07, 6.45) is 10.7. The van der Waals surface area contributed by atoms with Crippen molar-refractivity contribution in [3.8, 4) is 0 Å². The third kappa shape index (κ3) is 6.63. The number of esters is 2. The lowest BCUT2D eigenvalue weighted by atomic mass is 10.2. The molecule has 138 valence electrons. The van der Waals surface area contributed by atoms with Crippen molar-refractivity contribution in [1.29, 1.82) is 0 Å². The molecular weight excluding hydrogens is 332 g/mol. The summed E-state index contributed by atoms with van der Waals surface area (Å²) in [5.74, 6) is -0.591. The first-order chi connectivity index (χ1) is 12.6. The molecule has 0 bridgehead atoms. The van der Waals surface area contributed by atoms with Gasteiger partial charge in [-0.3, -0.25) is 0 Å². The monoisotopic (exact) mass is 358 g/mol. The molecule has 0 spiro atoms. The summed E-state index contributed by atoms with van der Waals surface area (Å²) in [5.41, 5.74) is 1.12. The van der Waals surface area contributed by atoms with Crippen molar-refractivity contribution in [3.63, 3.8) is 0 Å². The molecule has 0 aromatic carbocycles. The molecule has 0 radical (unpaired) electrons. The van der Waals surface area contributed by atoms with Gasteiger partial charge in [0, 0.05) is 24.3 Å². The van der Waals surface area contributed by atoms with Crippen LogP contribution in [0.3, 0.4) is 0 Å². The van der Waals surface area contributed by atoms with E-state index < -0.39 is 0 Å². The summed E-state index contributed by atoms with van der Waals surface area (Å²) in [5, 5.41) is 0. The third-order valence-electron chi connectivity index (χ3n) is 3.93. The molecule has 2 aromatic rings. The van der Waals surface area contributed by atoms with Crippen molar-refractivity contribution >= 4 is 11.9 Å². The van der Waals surface area contributed by atoms with Crippen LogP contribution in [0, 0.1) is 0 Å². The van der Waals surface area contributed by atoms with Crippen LogP contribution < -0.4 is 9.13 Å².